The Labute approximate surface area is 118 Å². The van der Waals surface area contributed by atoms with Crippen molar-refractivity contribution in [2.24, 2.45) is 5.84 Å². The average molecular weight is 308 g/mol. The van der Waals surface area contributed by atoms with Crippen molar-refractivity contribution in [3.8, 4) is 0 Å². The summed E-state index contributed by atoms with van der Waals surface area (Å²) in [5, 5.41) is 4.95. The van der Waals surface area contributed by atoms with Gasteiger partial charge in [-0.1, -0.05) is 0 Å². The predicted molar refractivity (Wildman–Crippen MR) is 68.2 cm³/mol. The molecule has 0 fully saturated rings. The van der Waals surface area contributed by atoms with E-state index in [1.807, 2.05) is 5.43 Å². The molecular weight excluding hydrogens is 293 g/mol. The second kappa shape index (κ2) is 7.59. The summed E-state index contributed by atoms with van der Waals surface area (Å²) in [6, 6.07) is 1.15. The normalized spacial score (nSPS) is 11.1. The van der Waals surface area contributed by atoms with Crippen LogP contribution in [0.4, 0.5) is 24.8 Å². The van der Waals surface area contributed by atoms with Crippen LogP contribution in [0, 0.1) is 0 Å². The van der Waals surface area contributed by atoms with Crippen molar-refractivity contribution in [3.63, 3.8) is 0 Å². The molecule has 1 rings (SSSR count). The number of amides is 1. The summed E-state index contributed by atoms with van der Waals surface area (Å²) < 4.78 is 42.5. The molecule has 0 saturated carbocycles. The van der Waals surface area contributed by atoms with Crippen LogP contribution in [0.5, 0.6) is 0 Å². The minimum absolute atomic E-state index is 0.174. The molecule has 0 bridgehead atoms. The molecule has 0 aliphatic heterocycles. The molecule has 1 aromatic rings. The molecule has 11 heteroatoms. The molecular formula is C10H15F3N6O2. The van der Waals surface area contributed by atoms with Crippen molar-refractivity contribution >= 4 is 17.5 Å². The Balaban J connectivity index is 2.68. The highest BCUT2D eigenvalue weighted by atomic mass is 19.4. The standard InChI is InChI=1S/C10H15F3N6O2/c1-21-3-2-15-8(20)5-16-6-4-7(19-14)18-9(17-6)10(11,12)13/h4H,2-3,5,14H2,1H3,(H,15,20)(H2,16,17,18,19). The van der Waals surface area contributed by atoms with Gasteiger partial charge in [0, 0.05) is 19.7 Å². The van der Waals surface area contributed by atoms with E-state index in [2.05, 4.69) is 20.6 Å². The van der Waals surface area contributed by atoms with Gasteiger partial charge in [0.2, 0.25) is 11.7 Å². The van der Waals surface area contributed by atoms with Crippen molar-refractivity contribution in [2.45, 2.75) is 6.18 Å². The first-order chi connectivity index (χ1) is 9.86. The number of carbonyl (C=O) groups excluding carboxylic acids is 1. The van der Waals surface area contributed by atoms with Gasteiger partial charge in [0.1, 0.15) is 11.6 Å². The largest absolute Gasteiger partial charge is 0.451 e. The summed E-state index contributed by atoms with van der Waals surface area (Å²) in [4.78, 5) is 17.8. The molecule has 0 unspecified atom stereocenters. The highest BCUT2D eigenvalue weighted by Gasteiger charge is 2.35. The number of hydrogen-bond acceptors (Lipinski definition) is 7. The van der Waals surface area contributed by atoms with Crippen LogP contribution in [-0.4, -0.2) is 42.7 Å². The van der Waals surface area contributed by atoms with E-state index in [0.29, 0.717) is 13.2 Å². The number of rotatable bonds is 7. The van der Waals surface area contributed by atoms with E-state index >= 15 is 0 Å². The molecule has 1 aromatic heterocycles. The molecule has 8 nitrogen and oxygen atoms in total. The highest BCUT2D eigenvalue weighted by molar-refractivity contribution is 5.80. The zero-order valence-electron chi connectivity index (χ0n) is 11.1. The number of ether oxygens (including phenoxy) is 1. The molecule has 0 atom stereocenters. The van der Waals surface area contributed by atoms with Crippen LogP contribution in [0.3, 0.4) is 0 Å². The Hall–Kier alpha value is -2.14. The average Bonchev–Trinajstić information content (AvgIpc) is 2.44. The second-order valence-electron chi connectivity index (χ2n) is 3.80. The SMILES string of the molecule is COCCNC(=O)CNc1cc(NN)nc(C(F)(F)F)n1. The van der Waals surface area contributed by atoms with Crippen LogP contribution >= 0.6 is 0 Å². The molecule has 21 heavy (non-hydrogen) atoms. The minimum atomic E-state index is -4.72. The van der Waals surface area contributed by atoms with Gasteiger partial charge in [-0.25, -0.2) is 15.8 Å². The molecule has 5 N–H and O–H groups in total. The van der Waals surface area contributed by atoms with Crippen molar-refractivity contribution in [1.82, 2.24) is 15.3 Å². The Bertz CT molecular complexity index is 482. The van der Waals surface area contributed by atoms with Gasteiger partial charge >= 0.3 is 6.18 Å². The van der Waals surface area contributed by atoms with E-state index in [1.165, 1.54) is 7.11 Å². The number of carbonyl (C=O) groups is 1. The maximum atomic E-state index is 12.6. The highest BCUT2D eigenvalue weighted by Crippen LogP contribution is 2.28. The van der Waals surface area contributed by atoms with E-state index in [4.69, 9.17) is 10.6 Å². The number of nitrogens with one attached hydrogen (secondary N) is 3. The molecule has 0 aliphatic carbocycles. The van der Waals surface area contributed by atoms with Gasteiger partial charge in [-0.15, -0.1) is 0 Å². The number of nitrogens with zero attached hydrogens (tertiary/aromatic N) is 2. The zero-order valence-corrected chi connectivity index (χ0v) is 11.1. The van der Waals surface area contributed by atoms with Crippen LogP contribution < -0.4 is 21.9 Å². The molecule has 1 heterocycles. The summed E-state index contributed by atoms with van der Waals surface area (Å²) >= 11 is 0. The number of hydrogen-bond donors (Lipinski definition) is 4. The van der Waals surface area contributed by atoms with Crippen molar-refractivity contribution in [1.29, 1.82) is 0 Å². The van der Waals surface area contributed by atoms with Gasteiger partial charge in [-0.2, -0.15) is 13.2 Å². The Morgan fingerprint density at radius 2 is 2.05 bits per heavy atom. The first-order valence-corrected chi connectivity index (χ1v) is 5.79. The van der Waals surface area contributed by atoms with Gasteiger partial charge in [-0.3, -0.25) is 4.79 Å². The molecule has 0 saturated heterocycles. The summed E-state index contributed by atoms with van der Waals surface area (Å²) in [6.07, 6.45) is -4.72. The number of anilines is 2. The number of alkyl halides is 3. The summed E-state index contributed by atoms with van der Waals surface area (Å²) in [7, 11) is 1.48. The van der Waals surface area contributed by atoms with E-state index in [1.54, 1.807) is 0 Å². The fourth-order valence-electron chi connectivity index (χ4n) is 1.26. The molecule has 1 amide bonds. The monoisotopic (exact) mass is 308 g/mol. The van der Waals surface area contributed by atoms with Gasteiger partial charge < -0.3 is 20.8 Å². The number of nitrogens with two attached hydrogens (primary N) is 1. The first kappa shape index (κ1) is 16.9. The van der Waals surface area contributed by atoms with Crippen LogP contribution in [0.25, 0.3) is 0 Å². The third-order valence-corrected chi connectivity index (χ3v) is 2.19. The summed E-state index contributed by atoms with van der Waals surface area (Å²) in [6.45, 7) is 0.380. The Morgan fingerprint density at radius 3 is 2.62 bits per heavy atom. The van der Waals surface area contributed by atoms with Gasteiger partial charge in [0.25, 0.3) is 0 Å². The van der Waals surface area contributed by atoms with Crippen LogP contribution in [-0.2, 0) is 15.7 Å². The van der Waals surface area contributed by atoms with Crippen molar-refractivity contribution in [2.75, 3.05) is 37.5 Å². The number of nitrogen functional groups attached to an aromatic ring is 1. The lowest BCUT2D eigenvalue weighted by molar-refractivity contribution is -0.144. The first-order valence-electron chi connectivity index (χ1n) is 5.79. The fourth-order valence-corrected chi connectivity index (χ4v) is 1.26. The third kappa shape index (κ3) is 5.79. The second-order valence-corrected chi connectivity index (χ2v) is 3.80. The smallest absolute Gasteiger partial charge is 0.383 e. The van der Waals surface area contributed by atoms with E-state index < -0.39 is 17.9 Å². The Kier molecular flexibility index (Phi) is 6.11. The summed E-state index contributed by atoms with van der Waals surface area (Å²) in [5.41, 5.74) is 2.00. The number of halogens is 3. The van der Waals surface area contributed by atoms with E-state index in [-0.39, 0.29) is 18.2 Å². The number of hydrazine groups is 1. The van der Waals surface area contributed by atoms with E-state index in [0.717, 1.165) is 6.07 Å². The van der Waals surface area contributed by atoms with E-state index in [9.17, 15) is 18.0 Å². The maximum absolute atomic E-state index is 12.6. The molecule has 0 radical (unpaired) electrons. The molecule has 0 aromatic carbocycles. The van der Waals surface area contributed by atoms with Crippen LogP contribution in [0.2, 0.25) is 0 Å². The lowest BCUT2D eigenvalue weighted by atomic mass is 10.4. The van der Waals surface area contributed by atoms with Crippen LogP contribution in [0.1, 0.15) is 5.82 Å². The molecule has 118 valence electrons. The Morgan fingerprint density at radius 1 is 1.38 bits per heavy atom. The lowest BCUT2D eigenvalue weighted by Gasteiger charge is -2.11. The van der Waals surface area contributed by atoms with Gasteiger partial charge in [-0.05, 0) is 0 Å². The summed E-state index contributed by atoms with van der Waals surface area (Å²) in [5.74, 6) is 2.87. The third-order valence-electron chi connectivity index (χ3n) is 2.19. The molecule has 0 spiro atoms. The quantitative estimate of drug-likeness (QED) is 0.317. The zero-order chi connectivity index (χ0) is 15.9. The predicted octanol–water partition coefficient (Wildman–Crippen LogP) is -0.0445. The van der Waals surface area contributed by atoms with Gasteiger partial charge in [0.15, 0.2) is 0 Å². The fraction of sp³-hybridized carbons (Fsp3) is 0.500. The topological polar surface area (TPSA) is 114 Å². The van der Waals surface area contributed by atoms with Gasteiger partial charge in [0.05, 0.1) is 13.2 Å². The number of aromatic nitrogens is 2. The maximum Gasteiger partial charge on any atom is 0.451 e. The minimum Gasteiger partial charge on any atom is -0.383 e. The lowest BCUT2D eigenvalue weighted by Crippen LogP contribution is -2.32. The van der Waals surface area contributed by atoms with Crippen molar-refractivity contribution < 1.29 is 22.7 Å². The van der Waals surface area contributed by atoms with Crippen molar-refractivity contribution in [3.05, 3.63) is 11.9 Å². The molecule has 0 aliphatic rings. The number of methoxy groups -OCH3 is 1. The van der Waals surface area contributed by atoms with Crippen LogP contribution in [0.15, 0.2) is 6.07 Å².